The molecule has 0 aliphatic rings. The van der Waals surface area contributed by atoms with Crippen molar-refractivity contribution in [2.75, 3.05) is 16.9 Å². The molecule has 0 saturated carbocycles. The van der Waals surface area contributed by atoms with Gasteiger partial charge >= 0.3 is 6.18 Å². The van der Waals surface area contributed by atoms with Gasteiger partial charge in [0.15, 0.2) is 5.78 Å². The second kappa shape index (κ2) is 10.2. The van der Waals surface area contributed by atoms with Gasteiger partial charge in [0.2, 0.25) is 0 Å². The zero-order valence-corrected chi connectivity index (χ0v) is 17.9. The summed E-state index contributed by atoms with van der Waals surface area (Å²) in [6.07, 6.45) is -4.55. The fourth-order valence-corrected chi connectivity index (χ4v) is 3.49. The summed E-state index contributed by atoms with van der Waals surface area (Å²) in [5, 5.41) is 21.6. The number of anilines is 1. The number of Topliss-reactive ketones (excluding diaryl/α,β-unsaturated/α-hetero) is 1. The molecule has 164 valence electrons. The van der Waals surface area contributed by atoms with Gasteiger partial charge in [0, 0.05) is 22.8 Å². The predicted octanol–water partition coefficient (Wildman–Crippen LogP) is 4.41. The van der Waals surface area contributed by atoms with Crippen LogP contribution in [0.5, 0.6) is 0 Å². The summed E-state index contributed by atoms with van der Waals surface area (Å²) in [7, 11) is 0. The standard InChI is InChI=1S/C21H18ClF3N2O3S/c1-20(30,12-31-17-6-2-13(3-7-17)8-16(28)10-22)19(29)27-15-5-4-14(11-26)18(9-15)21(23,24)25/h2-7,9,30H,8,10,12H2,1H3,(H,27,29)/t20-/m0/s1. The fraction of sp³-hybridized carbons (Fsp3) is 0.286. The number of nitrogens with zero attached hydrogens (tertiary/aromatic N) is 1. The highest BCUT2D eigenvalue weighted by atomic mass is 35.5. The van der Waals surface area contributed by atoms with Gasteiger partial charge in [0.25, 0.3) is 5.91 Å². The third-order valence-corrected chi connectivity index (χ3v) is 5.80. The van der Waals surface area contributed by atoms with E-state index in [1.807, 2.05) is 0 Å². The number of ketones is 1. The molecule has 0 unspecified atom stereocenters. The highest BCUT2D eigenvalue weighted by Gasteiger charge is 2.35. The molecule has 0 aromatic heterocycles. The molecule has 0 aliphatic heterocycles. The van der Waals surface area contributed by atoms with Gasteiger partial charge in [-0.2, -0.15) is 18.4 Å². The minimum absolute atomic E-state index is 0.0683. The topological polar surface area (TPSA) is 90.2 Å². The van der Waals surface area contributed by atoms with Crippen molar-refractivity contribution in [3.63, 3.8) is 0 Å². The third-order valence-electron chi connectivity index (χ3n) is 4.19. The average molecular weight is 471 g/mol. The number of amides is 1. The molecular weight excluding hydrogens is 453 g/mol. The minimum atomic E-state index is -4.76. The maximum atomic E-state index is 13.1. The van der Waals surface area contributed by atoms with Gasteiger partial charge < -0.3 is 10.4 Å². The second-order valence-electron chi connectivity index (χ2n) is 6.88. The van der Waals surface area contributed by atoms with Crippen molar-refractivity contribution < 1.29 is 27.9 Å². The molecule has 0 heterocycles. The first-order valence-electron chi connectivity index (χ1n) is 8.91. The van der Waals surface area contributed by atoms with Gasteiger partial charge in [-0.15, -0.1) is 23.4 Å². The third kappa shape index (κ3) is 6.99. The van der Waals surface area contributed by atoms with E-state index in [2.05, 4.69) is 5.32 Å². The molecule has 0 saturated heterocycles. The van der Waals surface area contributed by atoms with Crippen LogP contribution in [0.4, 0.5) is 18.9 Å². The normalized spacial score (nSPS) is 13.2. The molecule has 1 atom stereocenters. The number of hydrogen-bond acceptors (Lipinski definition) is 5. The highest BCUT2D eigenvalue weighted by molar-refractivity contribution is 7.99. The zero-order valence-electron chi connectivity index (χ0n) is 16.3. The molecule has 2 aromatic carbocycles. The molecule has 10 heteroatoms. The van der Waals surface area contributed by atoms with E-state index < -0.39 is 28.8 Å². The monoisotopic (exact) mass is 470 g/mol. The minimum Gasteiger partial charge on any atom is -0.379 e. The number of aliphatic hydroxyl groups is 1. The molecule has 2 rings (SSSR count). The largest absolute Gasteiger partial charge is 0.417 e. The smallest absolute Gasteiger partial charge is 0.379 e. The second-order valence-corrected chi connectivity index (χ2v) is 8.20. The van der Waals surface area contributed by atoms with Crippen molar-refractivity contribution in [2.45, 2.75) is 30.0 Å². The SMILES string of the molecule is C[C@](O)(CSc1ccc(CC(=O)CCl)cc1)C(=O)Nc1ccc(C#N)c(C(F)(F)F)c1. The number of carbonyl (C=O) groups is 2. The lowest BCUT2D eigenvalue weighted by atomic mass is 10.1. The Morgan fingerprint density at radius 3 is 2.39 bits per heavy atom. The van der Waals surface area contributed by atoms with Crippen LogP contribution in [-0.2, 0) is 22.2 Å². The first kappa shape index (κ1) is 24.7. The fourth-order valence-electron chi connectivity index (χ4n) is 2.49. The molecule has 0 spiro atoms. The quantitative estimate of drug-likeness (QED) is 0.440. The summed E-state index contributed by atoms with van der Waals surface area (Å²) in [5.74, 6) is -1.14. The van der Waals surface area contributed by atoms with E-state index in [0.29, 0.717) is 6.07 Å². The summed E-state index contributed by atoms with van der Waals surface area (Å²) in [6.45, 7) is 1.25. The number of nitrogens with one attached hydrogen (secondary N) is 1. The van der Waals surface area contributed by atoms with Crippen LogP contribution >= 0.6 is 23.4 Å². The Morgan fingerprint density at radius 1 is 1.19 bits per heavy atom. The van der Waals surface area contributed by atoms with Crippen molar-refractivity contribution in [2.24, 2.45) is 0 Å². The van der Waals surface area contributed by atoms with Gasteiger partial charge in [-0.05, 0) is 42.8 Å². The van der Waals surface area contributed by atoms with Crippen LogP contribution in [0, 0.1) is 11.3 Å². The molecule has 0 aliphatic carbocycles. The molecule has 1 amide bonds. The van der Waals surface area contributed by atoms with Crippen molar-refractivity contribution in [3.05, 3.63) is 59.2 Å². The first-order valence-corrected chi connectivity index (χ1v) is 10.4. The summed E-state index contributed by atoms with van der Waals surface area (Å²) in [4.78, 5) is 24.5. The molecule has 5 nitrogen and oxygen atoms in total. The summed E-state index contributed by atoms with van der Waals surface area (Å²) >= 11 is 6.65. The van der Waals surface area contributed by atoms with Gasteiger partial charge in [0.1, 0.15) is 5.60 Å². The number of nitriles is 1. The van der Waals surface area contributed by atoms with Crippen LogP contribution in [0.25, 0.3) is 0 Å². The Bertz CT molecular complexity index is 1000. The van der Waals surface area contributed by atoms with Gasteiger partial charge in [-0.3, -0.25) is 9.59 Å². The van der Waals surface area contributed by atoms with Crippen LogP contribution in [0.1, 0.15) is 23.6 Å². The Balaban J connectivity index is 2.03. The number of rotatable bonds is 8. The molecule has 2 aromatic rings. The Labute approximate surface area is 186 Å². The Hall–Kier alpha value is -2.54. The molecule has 0 radical (unpaired) electrons. The van der Waals surface area contributed by atoms with E-state index in [9.17, 15) is 27.9 Å². The number of carbonyl (C=O) groups excluding carboxylic acids is 2. The van der Waals surface area contributed by atoms with Crippen molar-refractivity contribution in [1.82, 2.24) is 0 Å². The van der Waals surface area contributed by atoms with Gasteiger partial charge in [-0.25, -0.2) is 0 Å². The van der Waals surface area contributed by atoms with E-state index in [4.69, 9.17) is 16.9 Å². The summed E-state index contributed by atoms with van der Waals surface area (Å²) < 4.78 is 39.2. The summed E-state index contributed by atoms with van der Waals surface area (Å²) in [5.41, 5.74) is -3.03. The van der Waals surface area contributed by atoms with Crippen LogP contribution in [0.3, 0.4) is 0 Å². The number of alkyl halides is 4. The van der Waals surface area contributed by atoms with E-state index in [1.165, 1.54) is 24.8 Å². The Morgan fingerprint density at radius 2 is 1.84 bits per heavy atom. The lowest BCUT2D eigenvalue weighted by molar-refractivity contribution is -0.137. The van der Waals surface area contributed by atoms with Crippen LogP contribution in [0.15, 0.2) is 47.4 Å². The molecular formula is C21H18ClF3N2O3S. The molecule has 31 heavy (non-hydrogen) atoms. The van der Waals surface area contributed by atoms with Gasteiger partial charge in [0.05, 0.1) is 23.1 Å². The number of halogens is 4. The molecule has 0 bridgehead atoms. The highest BCUT2D eigenvalue weighted by Crippen LogP contribution is 2.34. The zero-order chi connectivity index (χ0) is 23.2. The van der Waals surface area contributed by atoms with E-state index in [-0.39, 0.29) is 29.5 Å². The maximum Gasteiger partial charge on any atom is 0.417 e. The first-order chi connectivity index (χ1) is 14.5. The average Bonchev–Trinajstić information content (AvgIpc) is 2.72. The number of hydrogen-bond donors (Lipinski definition) is 2. The molecule has 2 N–H and O–H groups in total. The predicted molar refractivity (Wildman–Crippen MR) is 112 cm³/mol. The van der Waals surface area contributed by atoms with Crippen molar-refractivity contribution in [1.29, 1.82) is 5.26 Å². The lowest BCUT2D eigenvalue weighted by Gasteiger charge is -2.22. The van der Waals surface area contributed by atoms with Crippen LogP contribution in [0.2, 0.25) is 0 Å². The van der Waals surface area contributed by atoms with Crippen LogP contribution in [-0.4, -0.2) is 34.0 Å². The van der Waals surface area contributed by atoms with Crippen LogP contribution < -0.4 is 5.32 Å². The van der Waals surface area contributed by atoms with E-state index in [1.54, 1.807) is 24.3 Å². The number of benzene rings is 2. The van der Waals surface area contributed by atoms with E-state index >= 15 is 0 Å². The number of thioether (sulfide) groups is 1. The van der Waals surface area contributed by atoms with E-state index in [0.717, 1.165) is 22.6 Å². The maximum absolute atomic E-state index is 13.1. The summed E-state index contributed by atoms with van der Waals surface area (Å²) in [6, 6.07) is 11.2. The molecule has 0 fully saturated rings. The Kier molecular flexibility index (Phi) is 8.12. The van der Waals surface area contributed by atoms with Crippen molar-refractivity contribution in [3.8, 4) is 6.07 Å². The van der Waals surface area contributed by atoms with Gasteiger partial charge in [-0.1, -0.05) is 12.1 Å². The van der Waals surface area contributed by atoms with Crippen molar-refractivity contribution >= 4 is 40.7 Å². The lowest BCUT2D eigenvalue weighted by Crippen LogP contribution is -2.42.